The number of halogens is 6. The van der Waals surface area contributed by atoms with Gasteiger partial charge in [-0.25, -0.2) is 0 Å². The molecule has 1 heterocycles. The smallest absolute Gasteiger partial charge is 0.433 e. The van der Waals surface area contributed by atoms with Gasteiger partial charge in [-0.2, -0.15) is 13.2 Å². The molecular weight excluding hydrogens is 378 g/mol. The quantitative estimate of drug-likeness (QED) is 0.725. The van der Waals surface area contributed by atoms with Crippen LogP contribution in [0.2, 0.25) is 15.1 Å². The Morgan fingerprint density at radius 2 is 1.78 bits per heavy atom. The molecule has 23 heavy (non-hydrogen) atoms. The fourth-order valence-electron chi connectivity index (χ4n) is 2.05. The predicted octanol–water partition coefficient (Wildman–Crippen LogP) is 5.35. The number of hydrogen-bond acceptors (Lipinski definition) is 2. The SMILES string of the molecule is O=C(O)Cc1ccnc(C(F)(F)F)c1-c1ccc(Cl)c(Cl)c1Cl. The normalized spacial score (nSPS) is 11.6. The zero-order chi connectivity index (χ0) is 17.4. The fourth-order valence-corrected chi connectivity index (χ4v) is 2.68. The number of rotatable bonds is 3. The molecule has 0 aliphatic heterocycles. The minimum atomic E-state index is -4.79. The van der Waals surface area contributed by atoms with Crippen LogP contribution in [-0.4, -0.2) is 16.1 Å². The number of carboxylic acid groups (broad SMARTS) is 1. The molecule has 1 N–H and O–H groups in total. The van der Waals surface area contributed by atoms with Gasteiger partial charge in [0.1, 0.15) is 0 Å². The van der Waals surface area contributed by atoms with Gasteiger partial charge in [0.05, 0.1) is 21.5 Å². The third kappa shape index (κ3) is 3.71. The van der Waals surface area contributed by atoms with Gasteiger partial charge in [-0.1, -0.05) is 40.9 Å². The van der Waals surface area contributed by atoms with Crippen LogP contribution in [0.5, 0.6) is 0 Å². The Morgan fingerprint density at radius 1 is 1.13 bits per heavy atom. The minimum absolute atomic E-state index is 0.0673. The van der Waals surface area contributed by atoms with E-state index in [4.69, 9.17) is 39.9 Å². The van der Waals surface area contributed by atoms with Crippen molar-refractivity contribution in [3.05, 3.63) is 50.7 Å². The van der Waals surface area contributed by atoms with Crippen LogP contribution in [0.4, 0.5) is 13.2 Å². The van der Waals surface area contributed by atoms with Crippen molar-refractivity contribution in [2.24, 2.45) is 0 Å². The predicted molar refractivity (Wildman–Crippen MR) is 81.0 cm³/mol. The molecule has 0 atom stereocenters. The monoisotopic (exact) mass is 383 g/mol. The lowest BCUT2D eigenvalue weighted by molar-refractivity contribution is -0.141. The molecule has 0 fully saturated rings. The molecule has 0 spiro atoms. The average molecular weight is 385 g/mol. The highest BCUT2D eigenvalue weighted by Crippen LogP contribution is 2.43. The number of nitrogens with zero attached hydrogens (tertiary/aromatic N) is 1. The zero-order valence-corrected chi connectivity index (χ0v) is 13.4. The molecule has 3 nitrogen and oxygen atoms in total. The number of carboxylic acids is 1. The maximum absolute atomic E-state index is 13.3. The first-order valence-electron chi connectivity index (χ1n) is 6.03. The van der Waals surface area contributed by atoms with E-state index in [1.807, 2.05) is 0 Å². The summed E-state index contributed by atoms with van der Waals surface area (Å²) in [5.41, 5.74) is -1.83. The molecule has 122 valence electrons. The van der Waals surface area contributed by atoms with Crippen LogP contribution in [0.15, 0.2) is 24.4 Å². The van der Waals surface area contributed by atoms with E-state index >= 15 is 0 Å². The molecule has 9 heteroatoms. The summed E-state index contributed by atoms with van der Waals surface area (Å²) in [6.45, 7) is 0. The second kappa shape index (κ2) is 6.55. The standard InChI is InChI=1S/C14H7Cl3F3NO2/c15-8-2-1-7(11(16)12(8)17)10-6(5-9(22)23)3-4-21-13(10)14(18,19)20/h1-4H,5H2,(H,22,23). The molecular formula is C14H7Cl3F3NO2. The van der Waals surface area contributed by atoms with E-state index in [0.29, 0.717) is 0 Å². The number of benzene rings is 1. The zero-order valence-electron chi connectivity index (χ0n) is 11.1. The second-order valence-electron chi connectivity index (χ2n) is 4.48. The minimum Gasteiger partial charge on any atom is -0.481 e. The molecule has 0 radical (unpaired) electrons. The Hall–Kier alpha value is -1.50. The Balaban J connectivity index is 2.83. The summed E-state index contributed by atoms with van der Waals surface area (Å²) < 4.78 is 39.8. The molecule has 0 saturated heterocycles. The van der Waals surface area contributed by atoms with E-state index < -0.39 is 29.8 Å². The molecule has 1 aromatic carbocycles. The third-order valence-corrected chi connectivity index (χ3v) is 4.25. The van der Waals surface area contributed by atoms with Crippen molar-refractivity contribution in [2.45, 2.75) is 12.6 Å². The van der Waals surface area contributed by atoms with Crippen LogP contribution in [-0.2, 0) is 17.4 Å². The Labute approximate surface area is 143 Å². The third-order valence-electron chi connectivity index (χ3n) is 2.95. The van der Waals surface area contributed by atoms with Crippen LogP contribution >= 0.6 is 34.8 Å². The van der Waals surface area contributed by atoms with Crippen molar-refractivity contribution in [1.82, 2.24) is 4.98 Å². The van der Waals surface area contributed by atoms with Gasteiger partial charge in [-0.05, 0) is 17.7 Å². The largest absolute Gasteiger partial charge is 0.481 e. The van der Waals surface area contributed by atoms with E-state index in [1.54, 1.807) is 0 Å². The molecule has 2 rings (SSSR count). The molecule has 0 amide bonds. The molecule has 0 aliphatic carbocycles. The first kappa shape index (κ1) is 17.8. The van der Waals surface area contributed by atoms with Gasteiger partial charge >= 0.3 is 12.1 Å². The van der Waals surface area contributed by atoms with Gasteiger partial charge in [-0.3, -0.25) is 9.78 Å². The topological polar surface area (TPSA) is 50.2 Å². The van der Waals surface area contributed by atoms with Crippen LogP contribution in [0.25, 0.3) is 11.1 Å². The van der Waals surface area contributed by atoms with Crippen molar-refractivity contribution in [3.63, 3.8) is 0 Å². The highest BCUT2D eigenvalue weighted by atomic mass is 35.5. The van der Waals surface area contributed by atoms with Gasteiger partial charge in [0, 0.05) is 17.3 Å². The van der Waals surface area contributed by atoms with Crippen molar-refractivity contribution in [2.75, 3.05) is 0 Å². The summed E-state index contributed by atoms with van der Waals surface area (Å²) in [6, 6.07) is 3.72. The van der Waals surface area contributed by atoms with Crippen molar-refractivity contribution >= 4 is 40.8 Å². The van der Waals surface area contributed by atoms with Crippen molar-refractivity contribution in [1.29, 1.82) is 0 Å². The van der Waals surface area contributed by atoms with Crippen molar-refractivity contribution < 1.29 is 23.1 Å². The summed E-state index contributed by atoms with van der Waals surface area (Å²) in [4.78, 5) is 14.3. The van der Waals surface area contributed by atoms with E-state index in [-0.39, 0.29) is 26.2 Å². The summed E-state index contributed by atoms with van der Waals surface area (Å²) in [7, 11) is 0. The maximum Gasteiger partial charge on any atom is 0.433 e. The van der Waals surface area contributed by atoms with Gasteiger partial charge in [0.15, 0.2) is 5.69 Å². The number of aromatic nitrogens is 1. The van der Waals surface area contributed by atoms with E-state index in [0.717, 1.165) is 6.20 Å². The van der Waals surface area contributed by atoms with Crippen LogP contribution in [0, 0.1) is 0 Å². The summed E-state index contributed by atoms with van der Waals surface area (Å²) in [6.07, 6.45) is -4.52. The van der Waals surface area contributed by atoms with Crippen LogP contribution < -0.4 is 0 Å². The van der Waals surface area contributed by atoms with Crippen LogP contribution in [0.1, 0.15) is 11.3 Å². The Morgan fingerprint density at radius 3 is 2.35 bits per heavy atom. The van der Waals surface area contributed by atoms with Gasteiger partial charge in [-0.15, -0.1) is 0 Å². The second-order valence-corrected chi connectivity index (χ2v) is 5.65. The van der Waals surface area contributed by atoms with Crippen molar-refractivity contribution in [3.8, 4) is 11.1 Å². The lowest BCUT2D eigenvalue weighted by Crippen LogP contribution is -2.13. The lowest BCUT2D eigenvalue weighted by Gasteiger charge is -2.17. The highest BCUT2D eigenvalue weighted by molar-refractivity contribution is 6.49. The van der Waals surface area contributed by atoms with E-state index in [1.165, 1.54) is 18.2 Å². The molecule has 0 aliphatic rings. The first-order chi connectivity index (χ1) is 10.6. The summed E-state index contributed by atoms with van der Waals surface area (Å²) in [5.74, 6) is -1.29. The van der Waals surface area contributed by atoms with Gasteiger partial charge in [0.25, 0.3) is 0 Å². The fraction of sp³-hybridized carbons (Fsp3) is 0.143. The summed E-state index contributed by atoms with van der Waals surface area (Å²) in [5, 5.41) is 8.66. The molecule has 2 aromatic rings. The number of alkyl halides is 3. The summed E-state index contributed by atoms with van der Waals surface area (Å²) >= 11 is 17.7. The first-order valence-corrected chi connectivity index (χ1v) is 7.17. The average Bonchev–Trinajstić information content (AvgIpc) is 2.44. The number of hydrogen-bond donors (Lipinski definition) is 1. The lowest BCUT2D eigenvalue weighted by atomic mass is 9.96. The number of carbonyl (C=O) groups is 1. The molecule has 0 bridgehead atoms. The number of aliphatic carboxylic acids is 1. The molecule has 1 aromatic heterocycles. The van der Waals surface area contributed by atoms with E-state index in [2.05, 4.69) is 4.98 Å². The number of pyridine rings is 1. The molecule has 0 unspecified atom stereocenters. The highest BCUT2D eigenvalue weighted by Gasteiger charge is 2.37. The van der Waals surface area contributed by atoms with Gasteiger partial charge in [0.2, 0.25) is 0 Å². The Kier molecular flexibility index (Phi) is 5.08. The van der Waals surface area contributed by atoms with Crippen LogP contribution in [0.3, 0.4) is 0 Å². The maximum atomic E-state index is 13.3. The van der Waals surface area contributed by atoms with E-state index in [9.17, 15) is 18.0 Å². The molecule has 0 saturated carbocycles. The Bertz CT molecular complexity index is 779. The van der Waals surface area contributed by atoms with Gasteiger partial charge < -0.3 is 5.11 Å².